The zero-order chi connectivity index (χ0) is 21.4. The van der Waals surface area contributed by atoms with Crippen molar-refractivity contribution in [2.24, 2.45) is 4.99 Å². The molecule has 0 aliphatic carbocycles. The van der Waals surface area contributed by atoms with Crippen LogP contribution in [0.1, 0.15) is 22.8 Å². The molecule has 1 aliphatic heterocycles. The van der Waals surface area contributed by atoms with E-state index in [9.17, 15) is 10.1 Å². The van der Waals surface area contributed by atoms with Gasteiger partial charge in [-0.15, -0.1) is 11.8 Å². The molecule has 1 aliphatic rings. The Morgan fingerprint density at radius 1 is 0.968 bits per heavy atom. The summed E-state index contributed by atoms with van der Waals surface area (Å²) in [5.74, 6) is 0. The Bertz CT molecular complexity index is 1350. The van der Waals surface area contributed by atoms with Crippen molar-refractivity contribution in [2.75, 3.05) is 0 Å². The van der Waals surface area contributed by atoms with Gasteiger partial charge in [0.1, 0.15) is 0 Å². The monoisotopic (exact) mass is 444 g/mol. The summed E-state index contributed by atoms with van der Waals surface area (Å²) in [6.07, 6.45) is 0.605. The minimum atomic E-state index is -0.380. The molecule has 4 aromatic carbocycles. The molecular weight excluding hydrogens is 428 g/mol. The molecule has 1 atom stereocenters. The van der Waals surface area contributed by atoms with Crippen molar-refractivity contribution in [1.29, 1.82) is 0 Å². The SMILES string of the molecule is O=[N+]([O-])c1ccc(Cl)c([C@@H]2CC(c3cccc4ccccc34)=Nc3ccccc3S2)c1. The summed E-state index contributed by atoms with van der Waals surface area (Å²) in [5, 5.41) is 14.1. The third-order valence-corrected chi connectivity index (χ3v) is 7.05. The predicted octanol–water partition coefficient (Wildman–Crippen LogP) is 7.76. The van der Waals surface area contributed by atoms with E-state index in [1.165, 1.54) is 6.07 Å². The van der Waals surface area contributed by atoms with Crippen molar-refractivity contribution in [1.82, 2.24) is 0 Å². The maximum atomic E-state index is 11.4. The summed E-state index contributed by atoms with van der Waals surface area (Å²) >= 11 is 8.18. The van der Waals surface area contributed by atoms with Crippen molar-refractivity contribution in [3.05, 3.63) is 111 Å². The molecule has 4 nitrogen and oxygen atoms in total. The molecule has 31 heavy (non-hydrogen) atoms. The highest BCUT2D eigenvalue weighted by Gasteiger charge is 2.26. The van der Waals surface area contributed by atoms with Crippen LogP contribution in [-0.2, 0) is 0 Å². The van der Waals surface area contributed by atoms with E-state index in [2.05, 4.69) is 24.3 Å². The van der Waals surface area contributed by atoms with Crippen LogP contribution in [0.4, 0.5) is 11.4 Å². The fourth-order valence-electron chi connectivity index (χ4n) is 3.92. The summed E-state index contributed by atoms with van der Waals surface area (Å²) in [5.41, 5.74) is 3.72. The summed E-state index contributed by atoms with van der Waals surface area (Å²) in [6, 6.07) is 27.1. The van der Waals surface area contributed by atoms with E-state index in [4.69, 9.17) is 16.6 Å². The first kappa shape index (κ1) is 19.8. The number of fused-ring (bicyclic) bond motifs is 2. The molecule has 5 rings (SSSR count). The van der Waals surface area contributed by atoms with E-state index in [1.807, 2.05) is 42.5 Å². The average molecular weight is 445 g/mol. The van der Waals surface area contributed by atoms with Gasteiger partial charge in [0.05, 0.1) is 16.3 Å². The Morgan fingerprint density at radius 3 is 2.61 bits per heavy atom. The largest absolute Gasteiger partial charge is 0.269 e. The number of nitrogens with zero attached hydrogens (tertiary/aromatic N) is 2. The number of halogens is 1. The van der Waals surface area contributed by atoms with Gasteiger partial charge in [-0.05, 0) is 34.5 Å². The smallest absolute Gasteiger partial charge is 0.258 e. The van der Waals surface area contributed by atoms with E-state index in [-0.39, 0.29) is 15.9 Å². The minimum Gasteiger partial charge on any atom is -0.258 e. The van der Waals surface area contributed by atoms with Crippen LogP contribution in [0.3, 0.4) is 0 Å². The zero-order valence-electron chi connectivity index (χ0n) is 16.4. The molecule has 6 heteroatoms. The van der Waals surface area contributed by atoms with Gasteiger partial charge in [0.15, 0.2) is 0 Å². The van der Waals surface area contributed by atoms with Gasteiger partial charge >= 0.3 is 0 Å². The number of nitro groups is 1. The van der Waals surface area contributed by atoms with Gasteiger partial charge < -0.3 is 0 Å². The second-order valence-corrected chi connectivity index (χ2v) is 8.98. The Morgan fingerprint density at radius 2 is 1.74 bits per heavy atom. The van der Waals surface area contributed by atoms with Crippen LogP contribution in [-0.4, -0.2) is 10.6 Å². The molecule has 0 spiro atoms. The van der Waals surface area contributed by atoms with E-state index < -0.39 is 0 Å². The van der Waals surface area contributed by atoms with Crippen LogP contribution >= 0.6 is 23.4 Å². The second kappa shape index (κ2) is 8.17. The first-order valence-corrected chi connectivity index (χ1v) is 11.1. The molecule has 0 N–H and O–H groups in total. The Balaban J connectivity index is 1.68. The van der Waals surface area contributed by atoms with E-state index in [0.717, 1.165) is 38.2 Å². The molecule has 0 radical (unpaired) electrons. The van der Waals surface area contributed by atoms with Gasteiger partial charge in [-0.3, -0.25) is 15.1 Å². The van der Waals surface area contributed by atoms with Crippen LogP contribution in [0.2, 0.25) is 5.02 Å². The van der Waals surface area contributed by atoms with Crippen LogP contribution in [0.15, 0.2) is 94.8 Å². The molecule has 0 aromatic heterocycles. The first-order valence-electron chi connectivity index (χ1n) is 9.85. The Hall–Kier alpha value is -3.15. The normalized spacial score (nSPS) is 15.8. The summed E-state index contributed by atoms with van der Waals surface area (Å²) in [4.78, 5) is 17.1. The van der Waals surface area contributed by atoms with Crippen LogP contribution in [0, 0.1) is 10.1 Å². The topological polar surface area (TPSA) is 55.5 Å². The third kappa shape index (κ3) is 3.82. The third-order valence-electron chi connectivity index (χ3n) is 5.41. The maximum absolute atomic E-state index is 11.4. The summed E-state index contributed by atoms with van der Waals surface area (Å²) in [6.45, 7) is 0. The standard InChI is InChI=1S/C25H17ClN2O2S/c26-21-13-12-17(28(29)30)14-20(21)25-15-23(27-22-10-3-4-11-24(22)31-25)19-9-5-7-16-6-1-2-8-18(16)19/h1-14,25H,15H2/t25-/m0/s1. The van der Waals surface area contributed by atoms with Crippen molar-refractivity contribution in [3.63, 3.8) is 0 Å². The Kier molecular flexibility index (Phi) is 5.22. The number of nitro benzene ring substituents is 1. The lowest BCUT2D eigenvalue weighted by Crippen LogP contribution is -2.07. The van der Waals surface area contributed by atoms with Crippen molar-refractivity contribution >= 4 is 51.2 Å². The number of hydrogen-bond donors (Lipinski definition) is 0. The van der Waals surface area contributed by atoms with Gasteiger partial charge in [-0.1, -0.05) is 66.2 Å². The van der Waals surface area contributed by atoms with Crippen LogP contribution in [0.25, 0.3) is 10.8 Å². The lowest BCUT2D eigenvalue weighted by Gasteiger charge is -2.18. The number of hydrogen-bond acceptors (Lipinski definition) is 4. The van der Waals surface area contributed by atoms with Crippen molar-refractivity contribution < 1.29 is 4.92 Å². The average Bonchev–Trinajstić information content (AvgIpc) is 2.98. The van der Waals surface area contributed by atoms with Crippen molar-refractivity contribution in [2.45, 2.75) is 16.6 Å². The lowest BCUT2D eigenvalue weighted by molar-refractivity contribution is -0.384. The molecule has 152 valence electrons. The number of para-hydroxylation sites is 1. The number of thioether (sulfide) groups is 1. The van der Waals surface area contributed by atoms with Crippen LogP contribution < -0.4 is 0 Å². The van der Waals surface area contributed by atoms with E-state index >= 15 is 0 Å². The summed E-state index contributed by atoms with van der Waals surface area (Å²) in [7, 11) is 0. The number of aliphatic imine (C=N–C) groups is 1. The van der Waals surface area contributed by atoms with Gasteiger partial charge in [-0.2, -0.15) is 0 Å². The van der Waals surface area contributed by atoms with Crippen molar-refractivity contribution in [3.8, 4) is 0 Å². The first-order chi connectivity index (χ1) is 15.1. The van der Waals surface area contributed by atoms with Gasteiger partial charge in [0.25, 0.3) is 5.69 Å². The van der Waals surface area contributed by atoms with Gasteiger partial charge in [0.2, 0.25) is 0 Å². The molecule has 0 amide bonds. The lowest BCUT2D eigenvalue weighted by atomic mass is 9.96. The zero-order valence-corrected chi connectivity index (χ0v) is 17.9. The fraction of sp³-hybridized carbons (Fsp3) is 0.0800. The predicted molar refractivity (Wildman–Crippen MR) is 128 cm³/mol. The highest BCUT2D eigenvalue weighted by Crippen LogP contribution is 2.48. The van der Waals surface area contributed by atoms with Crippen LogP contribution in [0.5, 0.6) is 0 Å². The summed E-state index contributed by atoms with van der Waals surface area (Å²) < 4.78 is 0. The molecule has 0 saturated carbocycles. The minimum absolute atomic E-state index is 0.0428. The molecule has 0 saturated heterocycles. The molecule has 4 aromatic rings. The number of benzene rings is 4. The molecule has 0 fully saturated rings. The molecular formula is C25H17ClN2O2S. The highest BCUT2D eigenvalue weighted by molar-refractivity contribution is 7.99. The fourth-order valence-corrected chi connectivity index (χ4v) is 5.50. The highest BCUT2D eigenvalue weighted by atomic mass is 35.5. The molecule has 1 heterocycles. The quantitative estimate of drug-likeness (QED) is 0.239. The number of non-ortho nitro benzene ring substituents is 1. The van der Waals surface area contributed by atoms with E-state index in [0.29, 0.717) is 11.4 Å². The van der Waals surface area contributed by atoms with Gasteiger partial charge in [0, 0.05) is 39.3 Å². The maximum Gasteiger partial charge on any atom is 0.269 e. The molecule has 0 bridgehead atoms. The second-order valence-electron chi connectivity index (χ2n) is 7.33. The Labute approximate surface area is 188 Å². The van der Waals surface area contributed by atoms with Gasteiger partial charge in [-0.25, -0.2) is 0 Å². The number of rotatable bonds is 3. The molecule has 0 unspecified atom stereocenters. The van der Waals surface area contributed by atoms with E-state index in [1.54, 1.807) is 23.9 Å².